The Hall–Kier alpha value is -2.37. The van der Waals surface area contributed by atoms with Crippen LogP contribution in [0.5, 0.6) is 5.75 Å². The Morgan fingerprint density at radius 1 is 1.27 bits per heavy atom. The van der Waals surface area contributed by atoms with E-state index < -0.39 is 5.97 Å². The summed E-state index contributed by atoms with van der Waals surface area (Å²) >= 11 is 0. The number of aryl methyl sites for hydroxylation is 2. The summed E-state index contributed by atoms with van der Waals surface area (Å²) < 4.78 is 7.32. The van der Waals surface area contributed by atoms with Gasteiger partial charge in [-0.3, -0.25) is 0 Å². The minimum atomic E-state index is -1.08. The molecule has 6 heteroatoms. The van der Waals surface area contributed by atoms with Crippen LogP contribution in [0.4, 0.5) is 0 Å². The highest BCUT2D eigenvalue weighted by Crippen LogP contribution is 2.16. The lowest BCUT2D eigenvalue weighted by atomic mass is 10.2. The second-order valence-electron chi connectivity index (χ2n) is 5.05. The topological polar surface area (TPSA) is 77.2 Å². The summed E-state index contributed by atoms with van der Waals surface area (Å²) in [5.41, 5.74) is 1.69. The maximum atomic E-state index is 11.2. The molecule has 0 aliphatic rings. The summed E-state index contributed by atoms with van der Waals surface area (Å²) in [6.45, 7) is 4.95. The van der Waals surface area contributed by atoms with Crippen molar-refractivity contribution < 1.29 is 14.6 Å². The Balaban J connectivity index is 2.12. The Labute approximate surface area is 129 Å². The molecule has 118 valence electrons. The quantitative estimate of drug-likeness (QED) is 0.811. The number of hydrogen-bond donors (Lipinski definition) is 1. The lowest BCUT2D eigenvalue weighted by Gasteiger charge is -2.09. The van der Waals surface area contributed by atoms with Gasteiger partial charge in [0.05, 0.1) is 0 Å². The lowest BCUT2D eigenvalue weighted by Crippen LogP contribution is -2.11. The van der Waals surface area contributed by atoms with E-state index in [0.717, 1.165) is 19.3 Å². The smallest absolute Gasteiger partial charge is 0.358 e. The molecule has 0 bridgehead atoms. The number of benzene rings is 1. The predicted molar refractivity (Wildman–Crippen MR) is 82.0 cm³/mol. The van der Waals surface area contributed by atoms with Gasteiger partial charge in [0.1, 0.15) is 18.1 Å². The third kappa shape index (κ3) is 3.84. The summed E-state index contributed by atoms with van der Waals surface area (Å²) in [6, 6.07) is 7.78. The van der Waals surface area contributed by atoms with E-state index in [1.54, 1.807) is 4.68 Å². The first-order chi connectivity index (χ1) is 10.7. The monoisotopic (exact) mass is 303 g/mol. The fourth-order valence-electron chi connectivity index (χ4n) is 2.10. The summed E-state index contributed by atoms with van der Waals surface area (Å²) in [5.74, 6) is -0.376. The predicted octanol–water partition coefficient (Wildman–Crippen LogP) is 2.92. The molecule has 6 nitrogen and oxygen atoms in total. The largest absolute Gasteiger partial charge is 0.487 e. The second-order valence-corrected chi connectivity index (χ2v) is 5.05. The van der Waals surface area contributed by atoms with Crippen molar-refractivity contribution in [3.8, 4) is 5.75 Å². The van der Waals surface area contributed by atoms with Crippen LogP contribution in [0.25, 0.3) is 0 Å². The zero-order chi connectivity index (χ0) is 15.9. The number of carbonyl (C=O) groups is 1. The molecule has 1 N–H and O–H groups in total. The Morgan fingerprint density at radius 2 is 2.00 bits per heavy atom. The van der Waals surface area contributed by atoms with E-state index >= 15 is 0 Å². The molecule has 2 aromatic rings. The molecule has 1 aromatic heterocycles. The van der Waals surface area contributed by atoms with Crippen molar-refractivity contribution in [3.05, 3.63) is 41.2 Å². The molecular weight excluding hydrogens is 282 g/mol. The standard InChI is InChI=1S/C16H21N3O3/c1-3-5-10-19-14(15(16(20)21)17-18-19)11-22-13-8-6-12(4-2)7-9-13/h6-9H,3-5,10-11H2,1-2H3,(H,20,21). The maximum Gasteiger partial charge on any atom is 0.358 e. The zero-order valence-electron chi connectivity index (χ0n) is 13.0. The zero-order valence-corrected chi connectivity index (χ0v) is 13.0. The van der Waals surface area contributed by atoms with Crippen LogP contribution < -0.4 is 4.74 Å². The molecule has 0 radical (unpaired) electrons. The van der Waals surface area contributed by atoms with Crippen LogP contribution in [0.3, 0.4) is 0 Å². The van der Waals surface area contributed by atoms with Crippen LogP contribution in [0.15, 0.2) is 24.3 Å². The van der Waals surface area contributed by atoms with Crippen molar-refractivity contribution in [2.75, 3.05) is 0 Å². The van der Waals surface area contributed by atoms with Crippen molar-refractivity contribution >= 4 is 5.97 Å². The first-order valence-electron chi connectivity index (χ1n) is 7.53. The fourth-order valence-corrected chi connectivity index (χ4v) is 2.10. The number of ether oxygens (including phenoxy) is 1. The van der Waals surface area contributed by atoms with Crippen molar-refractivity contribution in [3.63, 3.8) is 0 Å². The van der Waals surface area contributed by atoms with Gasteiger partial charge >= 0.3 is 5.97 Å². The van der Waals surface area contributed by atoms with Gasteiger partial charge in [-0.05, 0) is 30.5 Å². The summed E-state index contributed by atoms with van der Waals surface area (Å²) in [6.07, 6.45) is 2.89. The van der Waals surface area contributed by atoms with E-state index in [1.807, 2.05) is 24.3 Å². The van der Waals surface area contributed by atoms with Crippen molar-refractivity contribution in [2.24, 2.45) is 0 Å². The van der Waals surface area contributed by atoms with E-state index in [1.165, 1.54) is 5.56 Å². The van der Waals surface area contributed by atoms with Gasteiger partial charge in [0.25, 0.3) is 0 Å². The number of hydrogen-bond acceptors (Lipinski definition) is 4. The summed E-state index contributed by atoms with van der Waals surface area (Å²) in [5, 5.41) is 16.9. The van der Waals surface area contributed by atoms with E-state index in [0.29, 0.717) is 18.0 Å². The highest BCUT2D eigenvalue weighted by Gasteiger charge is 2.19. The molecule has 2 rings (SSSR count). The number of unbranched alkanes of at least 4 members (excludes halogenated alkanes) is 1. The van der Waals surface area contributed by atoms with Gasteiger partial charge in [-0.2, -0.15) is 0 Å². The van der Waals surface area contributed by atoms with E-state index in [4.69, 9.17) is 4.74 Å². The van der Waals surface area contributed by atoms with Crippen LogP contribution >= 0.6 is 0 Å². The minimum absolute atomic E-state index is 0.0405. The Bertz CT molecular complexity index is 620. The van der Waals surface area contributed by atoms with Crippen LogP contribution in [0.1, 0.15) is 48.4 Å². The second kappa shape index (κ2) is 7.59. The Kier molecular flexibility index (Phi) is 5.52. The average Bonchev–Trinajstić information content (AvgIpc) is 2.94. The molecule has 0 spiro atoms. The molecule has 1 aromatic carbocycles. The highest BCUT2D eigenvalue weighted by atomic mass is 16.5. The first-order valence-corrected chi connectivity index (χ1v) is 7.53. The number of aromatic nitrogens is 3. The molecule has 0 amide bonds. The molecule has 0 atom stereocenters. The third-order valence-electron chi connectivity index (χ3n) is 3.47. The summed E-state index contributed by atoms with van der Waals surface area (Å²) in [4.78, 5) is 11.2. The minimum Gasteiger partial charge on any atom is -0.487 e. The van der Waals surface area contributed by atoms with Gasteiger partial charge in [-0.1, -0.05) is 37.6 Å². The highest BCUT2D eigenvalue weighted by molar-refractivity contribution is 5.86. The normalized spacial score (nSPS) is 10.6. The molecule has 0 unspecified atom stereocenters. The van der Waals surface area contributed by atoms with Gasteiger partial charge in [0, 0.05) is 6.54 Å². The van der Waals surface area contributed by atoms with Crippen LogP contribution in [-0.2, 0) is 19.6 Å². The molecule has 22 heavy (non-hydrogen) atoms. The lowest BCUT2D eigenvalue weighted by molar-refractivity contribution is 0.0687. The van der Waals surface area contributed by atoms with Crippen LogP contribution in [-0.4, -0.2) is 26.1 Å². The molecule has 0 saturated heterocycles. The number of carboxylic acid groups (broad SMARTS) is 1. The van der Waals surface area contributed by atoms with E-state index in [-0.39, 0.29) is 12.3 Å². The van der Waals surface area contributed by atoms with E-state index in [2.05, 4.69) is 24.2 Å². The fraction of sp³-hybridized carbons (Fsp3) is 0.438. The SMILES string of the molecule is CCCCn1nnc(C(=O)O)c1COc1ccc(CC)cc1. The molecule has 0 aliphatic heterocycles. The molecule has 1 heterocycles. The van der Waals surface area contributed by atoms with Gasteiger partial charge in [-0.25, -0.2) is 9.48 Å². The van der Waals surface area contributed by atoms with Crippen LogP contribution in [0.2, 0.25) is 0 Å². The number of nitrogens with zero attached hydrogens (tertiary/aromatic N) is 3. The molecular formula is C16H21N3O3. The summed E-state index contributed by atoms with van der Waals surface area (Å²) in [7, 11) is 0. The Morgan fingerprint density at radius 3 is 2.59 bits per heavy atom. The van der Waals surface area contributed by atoms with Crippen LogP contribution in [0, 0.1) is 0 Å². The molecule has 0 aliphatic carbocycles. The average molecular weight is 303 g/mol. The van der Waals surface area contributed by atoms with Gasteiger partial charge < -0.3 is 9.84 Å². The first kappa shape index (κ1) is 16.0. The van der Waals surface area contributed by atoms with E-state index in [9.17, 15) is 9.90 Å². The van der Waals surface area contributed by atoms with Gasteiger partial charge in [0.2, 0.25) is 0 Å². The van der Waals surface area contributed by atoms with Crippen molar-refractivity contribution in [1.82, 2.24) is 15.0 Å². The molecule has 0 saturated carbocycles. The number of carboxylic acids is 1. The third-order valence-corrected chi connectivity index (χ3v) is 3.47. The van der Waals surface area contributed by atoms with Gasteiger partial charge in [0.15, 0.2) is 5.69 Å². The van der Waals surface area contributed by atoms with Crippen molar-refractivity contribution in [1.29, 1.82) is 0 Å². The molecule has 0 fully saturated rings. The number of rotatable bonds is 8. The van der Waals surface area contributed by atoms with Crippen molar-refractivity contribution in [2.45, 2.75) is 46.3 Å². The van der Waals surface area contributed by atoms with Gasteiger partial charge in [-0.15, -0.1) is 5.10 Å². The maximum absolute atomic E-state index is 11.2. The number of aromatic carboxylic acids is 1.